The Morgan fingerprint density at radius 3 is 2.86 bits per heavy atom. The first-order valence-corrected chi connectivity index (χ1v) is 12.0. The summed E-state index contributed by atoms with van der Waals surface area (Å²) in [7, 11) is 3.25. The van der Waals surface area contributed by atoms with Gasteiger partial charge in [-0.25, -0.2) is 4.98 Å². The fourth-order valence-electron chi connectivity index (χ4n) is 4.20. The van der Waals surface area contributed by atoms with E-state index in [1.165, 1.54) is 0 Å². The number of carbonyl (C=O) groups excluding carboxylic acids is 2. The molecule has 3 atom stereocenters. The Bertz CT molecular complexity index is 1220. The molecule has 0 saturated heterocycles. The maximum atomic E-state index is 13.5. The van der Waals surface area contributed by atoms with Gasteiger partial charge in [-0.1, -0.05) is 18.8 Å². The Kier molecular flexibility index (Phi) is 8.16. The lowest BCUT2D eigenvalue weighted by atomic mass is 9.99. The molecule has 10 nitrogen and oxygen atoms in total. The molecule has 1 N–H and O–H groups in total. The van der Waals surface area contributed by atoms with Crippen LogP contribution in [0.25, 0.3) is 0 Å². The molecule has 3 heterocycles. The number of hydrogen-bond donors (Lipinski definition) is 1. The van der Waals surface area contributed by atoms with Crippen LogP contribution in [-0.4, -0.2) is 91.1 Å². The molecule has 37 heavy (non-hydrogen) atoms. The molecule has 2 aliphatic heterocycles. The molecule has 2 aliphatic rings. The van der Waals surface area contributed by atoms with Crippen LogP contribution in [0.2, 0.25) is 0 Å². The molecule has 0 aliphatic carbocycles. The minimum Gasteiger partial charge on any atom is -0.472 e. The van der Waals surface area contributed by atoms with Gasteiger partial charge < -0.3 is 33.9 Å². The molecule has 1 aromatic heterocycles. The van der Waals surface area contributed by atoms with Gasteiger partial charge in [-0.3, -0.25) is 9.59 Å². The molecule has 196 valence electrons. The van der Waals surface area contributed by atoms with Crippen LogP contribution in [0.1, 0.15) is 40.1 Å². The molecule has 2 aromatic rings. The van der Waals surface area contributed by atoms with Crippen molar-refractivity contribution in [1.82, 2.24) is 14.8 Å². The highest BCUT2D eigenvalue weighted by Crippen LogP contribution is 2.33. The van der Waals surface area contributed by atoms with Crippen LogP contribution in [0.5, 0.6) is 17.4 Å². The zero-order chi connectivity index (χ0) is 26.5. The van der Waals surface area contributed by atoms with E-state index in [1.807, 2.05) is 6.92 Å². The van der Waals surface area contributed by atoms with Gasteiger partial charge in [0.1, 0.15) is 18.3 Å². The molecule has 0 radical (unpaired) electrons. The number of benzene rings is 1. The van der Waals surface area contributed by atoms with Crippen molar-refractivity contribution in [2.75, 3.05) is 47.3 Å². The lowest BCUT2D eigenvalue weighted by Gasteiger charge is -2.37. The van der Waals surface area contributed by atoms with Crippen molar-refractivity contribution in [3.05, 3.63) is 47.2 Å². The number of aromatic nitrogens is 1. The van der Waals surface area contributed by atoms with Gasteiger partial charge in [0.15, 0.2) is 11.5 Å². The third-order valence-corrected chi connectivity index (χ3v) is 6.39. The third-order valence-electron chi connectivity index (χ3n) is 6.39. The maximum Gasteiger partial charge on any atom is 0.259 e. The molecule has 0 fully saturated rings. The molecule has 0 spiro atoms. The van der Waals surface area contributed by atoms with Crippen molar-refractivity contribution >= 4 is 11.8 Å². The van der Waals surface area contributed by atoms with E-state index in [0.717, 1.165) is 0 Å². The molecule has 0 bridgehead atoms. The summed E-state index contributed by atoms with van der Waals surface area (Å²) in [4.78, 5) is 34.3. The summed E-state index contributed by atoms with van der Waals surface area (Å²) in [5.74, 6) is 6.42. The van der Waals surface area contributed by atoms with E-state index in [0.29, 0.717) is 29.2 Å². The summed E-state index contributed by atoms with van der Waals surface area (Å²) < 4.78 is 22.0. The lowest BCUT2D eigenvalue weighted by Crippen LogP contribution is -2.50. The van der Waals surface area contributed by atoms with Crippen molar-refractivity contribution in [3.63, 3.8) is 0 Å². The van der Waals surface area contributed by atoms with E-state index >= 15 is 0 Å². The van der Waals surface area contributed by atoms with Gasteiger partial charge in [-0.15, -0.1) is 0 Å². The SMILES string of the molecule is COCC#Cc1cnc2c(c1)C(=O)N([C@H](C)CO)C[C@H](C)[C@H](CN(C)C(=O)c1ccc3c(c1)OCO3)O2. The van der Waals surface area contributed by atoms with Crippen LogP contribution in [0.15, 0.2) is 30.5 Å². The summed E-state index contributed by atoms with van der Waals surface area (Å²) in [5.41, 5.74) is 1.27. The number of carbonyl (C=O) groups is 2. The van der Waals surface area contributed by atoms with E-state index in [2.05, 4.69) is 16.8 Å². The highest BCUT2D eigenvalue weighted by atomic mass is 16.7. The first-order chi connectivity index (χ1) is 17.8. The molecular weight excluding hydrogens is 478 g/mol. The molecule has 2 amide bonds. The van der Waals surface area contributed by atoms with Crippen molar-refractivity contribution in [3.8, 4) is 29.2 Å². The molecule has 4 rings (SSSR count). The highest BCUT2D eigenvalue weighted by molar-refractivity contribution is 5.97. The summed E-state index contributed by atoms with van der Waals surface area (Å²) in [6, 6.07) is 6.29. The Morgan fingerprint density at radius 1 is 1.32 bits per heavy atom. The second-order valence-electron chi connectivity index (χ2n) is 9.19. The second-order valence-corrected chi connectivity index (χ2v) is 9.19. The van der Waals surface area contributed by atoms with Crippen molar-refractivity contribution < 1.29 is 33.6 Å². The third kappa shape index (κ3) is 5.79. The quantitative estimate of drug-likeness (QED) is 0.587. The number of nitrogens with zero attached hydrogens (tertiary/aromatic N) is 3. The average molecular weight is 510 g/mol. The second kappa shape index (κ2) is 11.5. The van der Waals surface area contributed by atoms with E-state index < -0.39 is 12.1 Å². The van der Waals surface area contributed by atoms with E-state index in [-0.39, 0.29) is 55.7 Å². The number of ether oxygens (including phenoxy) is 4. The standard InChI is InChI=1S/C27H31N3O7/c1-17-13-30(18(2)15-31)27(33)21-10-19(6-5-9-34-4)12-28-25(21)37-24(17)14-29(3)26(32)20-7-8-22-23(11-20)36-16-35-22/h7-8,10-12,17-18,24,31H,9,13-16H2,1-4H3/t17-,18+,24-/m0/s1. The molecular formula is C27H31N3O7. The predicted octanol–water partition coefficient (Wildman–Crippen LogP) is 1.80. The van der Waals surface area contributed by atoms with Gasteiger partial charge in [0.25, 0.3) is 11.8 Å². The molecule has 10 heteroatoms. The molecule has 0 unspecified atom stereocenters. The summed E-state index contributed by atoms with van der Waals surface area (Å²) in [6.45, 7) is 4.50. The Labute approximate surface area is 216 Å². The minimum absolute atomic E-state index is 0.129. The summed E-state index contributed by atoms with van der Waals surface area (Å²) >= 11 is 0. The van der Waals surface area contributed by atoms with Gasteiger partial charge in [-0.2, -0.15) is 0 Å². The van der Waals surface area contributed by atoms with Gasteiger partial charge in [-0.05, 0) is 31.2 Å². The number of amides is 2. The first-order valence-electron chi connectivity index (χ1n) is 12.0. The van der Waals surface area contributed by atoms with Crippen molar-refractivity contribution in [2.45, 2.75) is 26.0 Å². The number of likely N-dealkylation sites (N-methyl/N-ethyl adjacent to an activating group) is 1. The van der Waals surface area contributed by atoms with Crippen LogP contribution in [-0.2, 0) is 4.74 Å². The van der Waals surface area contributed by atoms with Crippen molar-refractivity contribution in [2.24, 2.45) is 5.92 Å². The normalized spacial score (nSPS) is 19.1. The minimum atomic E-state index is -0.471. The van der Waals surface area contributed by atoms with Crippen molar-refractivity contribution in [1.29, 1.82) is 0 Å². The number of rotatable bonds is 6. The van der Waals surface area contributed by atoms with Gasteiger partial charge >= 0.3 is 0 Å². The number of aliphatic hydroxyl groups excluding tert-OH is 1. The van der Waals surface area contributed by atoms with Crippen LogP contribution in [0, 0.1) is 17.8 Å². The van der Waals surface area contributed by atoms with Crippen LogP contribution in [0.3, 0.4) is 0 Å². The van der Waals surface area contributed by atoms with E-state index in [9.17, 15) is 14.7 Å². The lowest BCUT2D eigenvalue weighted by molar-refractivity contribution is 0.0313. The number of methoxy groups -OCH3 is 1. The van der Waals surface area contributed by atoms with Gasteiger partial charge in [0.2, 0.25) is 12.7 Å². The zero-order valence-corrected chi connectivity index (χ0v) is 21.4. The number of fused-ring (bicyclic) bond motifs is 2. The topological polar surface area (TPSA) is 111 Å². The highest BCUT2D eigenvalue weighted by Gasteiger charge is 2.35. The van der Waals surface area contributed by atoms with Gasteiger partial charge in [0.05, 0.1) is 19.2 Å². The Morgan fingerprint density at radius 2 is 2.11 bits per heavy atom. The predicted molar refractivity (Wildman–Crippen MR) is 134 cm³/mol. The van der Waals surface area contributed by atoms with E-state index in [4.69, 9.17) is 18.9 Å². The fraction of sp³-hybridized carbons (Fsp3) is 0.444. The van der Waals surface area contributed by atoms with E-state index in [1.54, 1.807) is 61.3 Å². The smallest absolute Gasteiger partial charge is 0.259 e. The number of hydrogen-bond acceptors (Lipinski definition) is 8. The van der Waals surface area contributed by atoms with Gasteiger partial charge in [0, 0.05) is 43.9 Å². The summed E-state index contributed by atoms with van der Waals surface area (Å²) in [6.07, 6.45) is 1.07. The first kappa shape index (κ1) is 26.3. The largest absolute Gasteiger partial charge is 0.472 e. The average Bonchev–Trinajstić information content (AvgIpc) is 3.38. The maximum absolute atomic E-state index is 13.5. The summed E-state index contributed by atoms with van der Waals surface area (Å²) in [5, 5.41) is 9.83. The number of aliphatic hydroxyl groups is 1. The fourth-order valence-corrected chi connectivity index (χ4v) is 4.20. The molecule has 0 saturated carbocycles. The zero-order valence-electron chi connectivity index (χ0n) is 21.4. The Balaban J connectivity index is 1.61. The monoisotopic (exact) mass is 509 g/mol. The van der Waals surface area contributed by atoms with Crippen LogP contribution in [0.4, 0.5) is 0 Å². The molecule has 1 aromatic carbocycles. The number of pyridine rings is 1. The van der Waals surface area contributed by atoms with Crippen LogP contribution >= 0.6 is 0 Å². The Hall–Kier alpha value is -3.81. The van der Waals surface area contributed by atoms with Crippen LogP contribution < -0.4 is 14.2 Å².